The van der Waals surface area contributed by atoms with Crippen LogP contribution in [0.5, 0.6) is 23.0 Å². The highest BCUT2D eigenvalue weighted by molar-refractivity contribution is 5.73. The molecule has 0 amide bonds. The quantitative estimate of drug-likeness (QED) is 0.820. The Bertz CT molecular complexity index is 720. The molecule has 2 aromatic carbocycles. The minimum Gasteiger partial charge on any atom is -0.497 e. The predicted molar refractivity (Wildman–Crippen MR) is 86.2 cm³/mol. The SMILES string of the molecule is COc1ccc(-c2ccc(OC(F)(F)F)c(OCCN)c2)c(OC)c1. The van der Waals surface area contributed by atoms with E-state index < -0.39 is 12.1 Å². The van der Waals surface area contributed by atoms with Gasteiger partial charge >= 0.3 is 6.36 Å². The fourth-order valence-electron chi connectivity index (χ4n) is 2.20. The van der Waals surface area contributed by atoms with E-state index in [0.717, 1.165) is 0 Å². The fraction of sp³-hybridized carbons (Fsp3) is 0.294. The first kappa shape index (κ1) is 18.7. The first-order valence-corrected chi connectivity index (χ1v) is 7.33. The van der Waals surface area contributed by atoms with E-state index in [1.54, 1.807) is 18.2 Å². The second-order valence-corrected chi connectivity index (χ2v) is 4.91. The highest BCUT2D eigenvalue weighted by atomic mass is 19.4. The lowest BCUT2D eigenvalue weighted by atomic mass is 10.0. The molecule has 0 radical (unpaired) electrons. The second kappa shape index (κ2) is 7.98. The molecule has 0 aliphatic heterocycles. The zero-order valence-electron chi connectivity index (χ0n) is 13.7. The lowest BCUT2D eigenvalue weighted by Crippen LogP contribution is -2.18. The van der Waals surface area contributed by atoms with E-state index in [9.17, 15) is 13.2 Å². The van der Waals surface area contributed by atoms with Gasteiger partial charge in [0.15, 0.2) is 11.5 Å². The maximum Gasteiger partial charge on any atom is 0.573 e. The van der Waals surface area contributed by atoms with Crippen molar-refractivity contribution in [3.8, 4) is 34.1 Å². The van der Waals surface area contributed by atoms with Crippen LogP contribution in [0, 0.1) is 0 Å². The molecule has 25 heavy (non-hydrogen) atoms. The summed E-state index contributed by atoms with van der Waals surface area (Å²) in [6.45, 7) is 0.207. The molecule has 0 saturated carbocycles. The molecule has 2 rings (SSSR count). The smallest absolute Gasteiger partial charge is 0.497 e. The molecule has 5 nitrogen and oxygen atoms in total. The van der Waals surface area contributed by atoms with Crippen molar-refractivity contribution >= 4 is 0 Å². The zero-order valence-corrected chi connectivity index (χ0v) is 13.7. The largest absolute Gasteiger partial charge is 0.573 e. The van der Waals surface area contributed by atoms with Crippen LogP contribution in [0.15, 0.2) is 36.4 Å². The van der Waals surface area contributed by atoms with Crippen molar-refractivity contribution in [3.05, 3.63) is 36.4 Å². The van der Waals surface area contributed by atoms with Gasteiger partial charge in [-0.05, 0) is 29.8 Å². The molecule has 2 aromatic rings. The van der Waals surface area contributed by atoms with Crippen molar-refractivity contribution in [2.45, 2.75) is 6.36 Å². The second-order valence-electron chi connectivity index (χ2n) is 4.91. The van der Waals surface area contributed by atoms with Crippen LogP contribution in [-0.4, -0.2) is 33.7 Å². The summed E-state index contributed by atoms with van der Waals surface area (Å²) in [5, 5.41) is 0. The van der Waals surface area contributed by atoms with E-state index in [1.165, 1.54) is 32.4 Å². The van der Waals surface area contributed by atoms with Gasteiger partial charge in [0.05, 0.1) is 14.2 Å². The van der Waals surface area contributed by atoms with E-state index in [2.05, 4.69) is 4.74 Å². The summed E-state index contributed by atoms with van der Waals surface area (Å²) in [6, 6.07) is 9.26. The molecule has 0 heterocycles. The number of methoxy groups -OCH3 is 2. The summed E-state index contributed by atoms with van der Waals surface area (Å²) in [4.78, 5) is 0. The molecular weight excluding hydrogens is 339 g/mol. The minimum atomic E-state index is -4.82. The van der Waals surface area contributed by atoms with Crippen LogP contribution in [0.3, 0.4) is 0 Å². The molecule has 0 aliphatic carbocycles. The number of hydrogen-bond acceptors (Lipinski definition) is 5. The molecule has 0 fully saturated rings. The van der Waals surface area contributed by atoms with E-state index >= 15 is 0 Å². The number of hydrogen-bond donors (Lipinski definition) is 1. The van der Waals surface area contributed by atoms with Crippen LogP contribution in [0.2, 0.25) is 0 Å². The lowest BCUT2D eigenvalue weighted by molar-refractivity contribution is -0.275. The number of benzene rings is 2. The summed E-state index contributed by atoms with van der Waals surface area (Å²) >= 11 is 0. The van der Waals surface area contributed by atoms with Gasteiger partial charge in [0.2, 0.25) is 0 Å². The van der Waals surface area contributed by atoms with Gasteiger partial charge < -0.3 is 24.7 Å². The Labute approximate surface area is 143 Å². The van der Waals surface area contributed by atoms with Crippen molar-refractivity contribution in [3.63, 3.8) is 0 Å². The molecule has 0 aromatic heterocycles. The Hall–Kier alpha value is -2.61. The van der Waals surface area contributed by atoms with Crippen LogP contribution in [-0.2, 0) is 0 Å². The number of alkyl halides is 3. The Morgan fingerprint density at radius 1 is 0.920 bits per heavy atom. The summed E-state index contributed by atoms with van der Waals surface area (Å²) in [5.74, 6) is 0.612. The average molecular weight is 357 g/mol. The monoisotopic (exact) mass is 357 g/mol. The van der Waals surface area contributed by atoms with Crippen molar-refractivity contribution in [2.75, 3.05) is 27.4 Å². The van der Waals surface area contributed by atoms with E-state index in [0.29, 0.717) is 22.6 Å². The first-order chi connectivity index (χ1) is 11.9. The molecule has 136 valence electrons. The summed E-state index contributed by atoms with van der Waals surface area (Å²) < 4.78 is 57.3. The molecule has 0 aliphatic rings. The number of ether oxygens (including phenoxy) is 4. The predicted octanol–water partition coefficient (Wildman–Crippen LogP) is 3.61. The van der Waals surface area contributed by atoms with E-state index in [-0.39, 0.29) is 18.9 Å². The van der Waals surface area contributed by atoms with Gasteiger partial charge in [-0.1, -0.05) is 6.07 Å². The topological polar surface area (TPSA) is 62.9 Å². The highest BCUT2D eigenvalue weighted by Gasteiger charge is 2.32. The maximum absolute atomic E-state index is 12.5. The Balaban J connectivity index is 2.45. The van der Waals surface area contributed by atoms with Crippen LogP contribution < -0.4 is 24.7 Å². The molecule has 2 N–H and O–H groups in total. The van der Waals surface area contributed by atoms with E-state index in [1.807, 2.05) is 0 Å². The van der Waals surface area contributed by atoms with Crippen LogP contribution >= 0.6 is 0 Å². The van der Waals surface area contributed by atoms with Gasteiger partial charge in [0, 0.05) is 18.2 Å². The summed E-state index contributed by atoms with van der Waals surface area (Å²) in [6.07, 6.45) is -4.82. The summed E-state index contributed by atoms with van der Waals surface area (Å²) in [7, 11) is 3.02. The van der Waals surface area contributed by atoms with Gasteiger partial charge in [0.25, 0.3) is 0 Å². The van der Waals surface area contributed by atoms with Crippen LogP contribution in [0.25, 0.3) is 11.1 Å². The fourth-order valence-corrected chi connectivity index (χ4v) is 2.20. The van der Waals surface area contributed by atoms with E-state index in [4.69, 9.17) is 19.9 Å². The van der Waals surface area contributed by atoms with Gasteiger partial charge in [-0.25, -0.2) is 0 Å². The standard InChI is InChI=1S/C17H18F3NO4/c1-22-12-4-5-13(15(10-12)23-2)11-3-6-14(25-17(18,19)20)16(9-11)24-8-7-21/h3-6,9-10H,7-8,21H2,1-2H3. The molecule has 0 unspecified atom stereocenters. The molecule has 0 saturated heterocycles. The van der Waals surface area contributed by atoms with Gasteiger partial charge in [-0.15, -0.1) is 13.2 Å². The van der Waals surface area contributed by atoms with Crippen molar-refractivity contribution in [2.24, 2.45) is 5.73 Å². The Kier molecular flexibility index (Phi) is 5.97. The van der Waals surface area contributed by atoms with Gasteiger partial charge in [-0.2, -0.15) is 0 Å². The molecular formula is C17H18F3NO4. The Morgan fingerprint density at radius 3 is 2.28 bits per heavy atom. The third-order valence-corrected chi connectivity index (χ3v) is 3.26. The lowest BCUT2D eigenvalue weighted by Gasteiger charge is -2.16. The molecule has 0 atom stereocenters. The zero-order chi connectivity index (χ0) is 18.4. The third-order valence-electron chi connectivity index (χ3n) is 3.26. The van der Waals surface area contributed by atoms with Crippen LogP contribution in [0.4, 0.5) is 13.2 Å². The van der Waals surface area contributed by atoms with Crippen molar-refractivity contribution in [1.82, 2.24) is 0 Å². The normalized spacial score (nSPS) is 11.1. The van der Waals surface area contributed by atoms with Crippen molar-refractivity contribution in [1.29, 1.82) is 0 Å². The highest BCUT2D eigenvalue weighted by Crippen LogP contribution is 2.39. The Morgan fingerprint density at radius 2 is 1.68 bits per heavy atom. The maximum atomic E-state index is 12.5. The average Bonchev–Trinajstić information content (AvgIpc) is 2.59. The number of nitrogens with two attached hydrogens (primary N) is 1. The van der Waals surface area contributed by atoms with Crippen LogP contribution in [0.1, 0.15) is 0 Å². The molecule has 0 bridgehead atoms. The first-order valence-electron chi connectivity index (χ1n) is 7.33. The third kappa shape index (κ3) is 4.93. The number of rotatable bonds is 7. The molecule has 8 heteroatoms. The molecule has 0 spiro atoms. The van der Waals surface area contributed by atoms with Crippen molar-refractivity contribution < 1.29 is 32.1 Å². The number of halogens is 3. The minimum absolute atomic E-state index is 0.0530. The van der Waals surface area contributed by atoms with Gasteiger partial charge in [0.1, 0.15) is 18.1 Å². The summed E-state index contributed by atoms with van der Waals surface area (Å²) in [5.41, 5.74) is 6.62. The van der Waals surface area contributed by atoms with Gasteiger partial charge in [-0.3, -0.25) is 0 Å².